The lowest BCUT2D eigenvalue weighted by Crippen LogP contribution is -2.47. The summed E-state index contributed by atoms with van der Waals surface area (Å²) in [4.78, 5) is 13.9. The number of rotatable bonds is 4. The molecule has 1 aromatic heterocycles. The van der Waals surface area contributed by atoms with E-state index < -0.39 is 5.60 Å². The standard InChI is InChI=1S/C13H19NO2S/c1-3-10-7-11(17-9(10)2)12(15)14-8-13(16)5-4-6-13/h7,16H,3-6,8H2,1-2H3,(H,14,15). The summed E-state index contributed by atoms with van der Waals surface area (Å²) in [5, 5.41) is 12.7. The van der Waals surface area contributed by atoms with E-state index in [1.807, 2.05) is 13.0 Å². The van der Waals surface area contributed by atoms with E-state index in [0.717, 1.165) is 30.6 Å². The zero-order valence-corrected chi connectivity index (χ0v) is 11.2. The first-order chi connectivity index (χ1) is 8.04. The van der Waals surface area contributed by atoms with Crippen LogP contribution in [0, 0.1) is 6.92 Å². The number of amides is 1. The molecule has 17 heavy (non-hydrogen) atoms. The van der Waals surface area contributed by atoms with Gasteiger partial charge in [0, 0.05) is 11.4 Å². The Kier molecular flexibility index (Phi) is 3.54. The molecule has 0 radical (unpaired) electrons. The molecule has 0 aromatic carbocycles. The zero-order chi connectivity index (χ0) is 12.5. The lowest BCUT2D eigenvalue weighted by Gasteiger charge is -2.36. The van der Waals surface area contributed by atoms with Crippen LogP contribution in [0.5, 0.6) is 0 Å². The highest BCUT2D eigenvalue weighted by Gasteiger charge is 2.34. The molecule has 1 aromatic rings. The lowest BCUT2D eigenvalue weighted by atomic mass is 9.80. The molecule has 1 amide bonds. The maximum Gasteiger partial charge on any atom is 0.261 e. The fraction of sp³-hybridized carbons (Fsp3) is 0.615. The Morgan fingerprint density at radius 1 is 1.59 bits per heavy atom. The molecule has 2 N–H and O–H groups in total. The van der Waals surface area contributed by atoms with Crippen molar-refractivity contribution >= 4 is 17.2 Å². The average molecular weight is 253 g/mol. The van der Waals surface area contributed by atoms with Gasteiger partial charge in [-0.2, -0.15) is 0 Å². The van der Waals surface area contributed by atoms with Gasteiger partial charge < -0.3 is 10.4 Å². The van der Waals surface area contributed by atoms with Crippen LogP contribution in [0.25, 0.3) is 0 Å². The van der Waals surface area contributed by atoms with Crippen molar-refractivity contribution in [3.8, 4) is 0 Å². The molecule has 1 fully saturated rings. The number of aryl methyl sites for hydroxylation is 2. The molecule has 1 heterocycles. The molecule has 2 rings (SSSR count). The van der Waals surface area contributed by atoms with Gasteiger partial charge in [0.2, 0.25) is 0 Å². The van der Waals surface area contributed by atoms with Crippen molar-refractivity contribution in [3.05, 3.63) is 21.4 Å². The minimum Gasteiger partial charge on any atom is -0.388 e. The third-order valence-electron chi connectivity index (χ3n) is 3.49. The summed E-state index contributed by atoms with van der Waals surface area (Å²) in [6, 6.07) is 1.96. The molecule has 4 heteroatoms. The first-order valence-corrected chi connectivity index (χ1v) is 6.95. The Labute approximate surface area is 106 Å². The molecule has 1 aliphatic rings. The maximum absolute atomic E-state index is 11.9. The Bertz CT molecular complexity index is 421. The predicted octanol–water partition coefficient (Wildman–Crippen LogP) is 2.26. The number of carbonyl (C=O) groups is 1. The molecular formula is C13H19NO2S. The van der Waals surface area contributed by atoms with E-state index in [4.69, 9.17) is 0 Å². The molecule has 0 spiro atoms. The fourth-order valence-electron chi connectivity index (χ4n) is 2.08. The second kappa shape index (κ2) is 4.78. The molecule has 1 aliphatic carbocycles. The monoisotopic (exact) mass is 253 g/mol. The predicted molar refractivity (Wildman–Crippen MR) is 69.6 cm³/mol. The molecule has 3 nitrogen and oxygen atoms in total. The number of hydrogen-bond acceptors (Lipinski definition) is 3. The fourth-order valence-corrected chi connectivity index (χ4v) is 3.11. The van der Waals surface area contributed by atoms with Gasteiger partial charge in [-0.15, -0.1) is 11.3 Å². The minimum absolute atomic E-state index is 0.0573. The topological polar surface area (TPSA) is 49.3 Å². The van der Waals surface area contributed by atoms with Crippen molar-refractivity contribution < 1.29 is 9.90 Å². The van der Waals surface area contributed by atoms with E-state index in [2.05, 4.69) is 12.2 Å². The van der Waals surface area contributed by atoms with Gasteiger partial charge in [0.05, 0.1) is 10.5 Å². The summed E-state index contributed by atoms with van der Waals surface area (Å²) in [7, 11) is 0. The Morgan fingerprint density at radius 3 is 2.76 bits per heavy atom. The van der Waals surface area contributed by atoms with E-state index in [1.54, 1.807) is 0 Å². The van der Waals surface area contributed by atoms with Crippen molar-refractivity contribution in [1.82, 2.24) is 5.32 Å². The molecule has 0 atom stereocenters. The first kappa shape index (κ1) is 12.6. The molecule has 1 saturated carbocycles. The van der Waals surface area contributed by atoms with Crippen molar-refractivity contribution in [2.75, 3.05) is 6.54 Å². The molecule has 0 unspecified atom stereocenters. The second-order valence-corrected chi connectivity index (χ2v) is 6.06. The van der Waals surface area contributed by atoms with Gasteiger partial charge in [-0.1, -0.05) is 6.92 Å². The van der Waals surface area contributed by atoms with Crippen molar-refractivity contribution in [1.29, 1.82) is 0 Å². The Balaban J connectivity index is 1.94. The minimum atomic E-state index is -0.643. The summed E-state index contributed by atoms with van der Waals surface area (Å²) >= 11 is 1.53. The van der Waals surface area contributed by atoms with Crippen LogP contribution in [-0.2, 0) is 6.42 Å². The van der Waals surface area contributed by atoms with Gasteiger partial charge in [0.15, 0.2) is 0 Å². The summed E-state index contributed by atoms with van der Waals surface area (Å²) in [6.07, 6.45) is 3.62. The Morgan fingerprint density at radius 2 is 2.29 bits per heavy atom. The van der Waals surface area contributed by atoms with Gasteiger partial charge in [0.1, 0.15) is 0 Å². The van der Waals surface area contributed by atoms with E-state index in [9.17, 15) is 9.90 Å². The largest absolute Gasteiger partial charge is 0.388 e. The normalized spacial score (nSPS) is 17.6. The first-order valence-electron chi connectivity index (χ1n) is 6.14. The van der Waals surface area contributed by atoms with Crippen LogP contribution in [0.2, 0.25) is 0 Å². The van der Waals surface area contributed by atoms with Crippen molar-refractivity contribution in [2.45, 2.75) is 45.1 Å². The molecule has 0 bridgehead atoms. The van der Waals surface area contributed by atoms with Crippen LogP contribution in [0.1, 0.15) is 46.3 Å². The zero-order valence-electron chi connectivity index (χ0n) is 10.4. The molecule has 0 aliphatic heterocycles. The van der Waals surface area contributed by atoms with Gasteiger partial charge >= 0.3 is 0 Å². The molecule has 0 saturated heterocycles. The van der Waals surface area contributed by atoms with Crippen LogP contribution >= 0.6 is 11.3 Å². The second-order valence-electron chi connectivity index (χ2n) is 4.81. The van der Waals surface area contributed by atoms with Crippen LogP contribution in [0.3, 0.4) is 0 Å². The quantitative estimate of drug-likeness (QED) is 0.864. The lowest BCUT2D eigenvalue weighted by molar-refractivity contribution is -0.0300. The third kappa shape index (κ3) is 2.69. The highest BCUT2D eigenvalue weighted by molar-refractivity contribution is 7.14. The van der Waals surface area contributed by atoms with Gasteiger partial charge in [-0.3, -0.25) is 4.79 Å². The maximum atomic E-state index is 11.9. The Hall–Kier alpha value is -0.870. The molecule has 94 valence electrons. The number of carbonyl (C=O) groups excluding carboxylic acids is 1. The van der Waals surface area contributed by atoms with Crippen molar-refractivity contribution in [3.63, 3.8) is 0 Å². The summed E-state index contributed by atoms with van der Waals surface area (Å²) in [6.45, 7) is 4.51. The number of thiophene rings is 1. The highest BCUT2D eigenvalue weighted by Crippen LogP contribution is 2.30. The summed E-state index contributed by atoms with van der Waals surface area (Å²) < 4.78 is 0. The van der Waals surface area contributed by atoms with Gasteiger partial charge in [-0.05, 0) is 44.2 Å². The van der Waals surface area contributed by atoms with Crippen molar-refractivity contribution in [2.24, 2.45) is 0 Å². The summed E-state index contributed by atoms with van der Waals surface area (Å²) in [5.74, 6) is -0.0573. The van der Waals surface area contributed by atoms with Gasteiger partial charge in [-0.25, -0.2) is 0 Å². The third-order valence-corrected chi connectivity index (χ3v) is 4.58. The van der Waals surface area contributed by atoms with E-state index in [1.165, 1.54) is 21.8 Å². The number of nitrogens with one attached hydrogen (secondary N) is 1. The van der Waals surface area contributed by atoms with E-state index in [-0.39, 0.29) is 5.91 Å². The average Bonchev–Trinajstić information content (AvgIpc) is 2.65. The smallest absolute Gasteiger partial charge is 0.261 e. The van der Waals surface area contributed by atoms with Crippen LogP contribution in [0.15, 0.2) is 6.07 Å². The highest BCUT2D eigenvalue weighted by atomic mass is 32.1. The number of hydrogen-bond donors (Lipinski definition) is 2. The van der Waals surface area contributed by atoms with Crippen LogP contribution < -0.4 is 5.32 Å². The number of aliphatic hydroxyl groups is 1. The van der Waals surface area contributed by atoms with Crippen LogP contribution in [-0.4, -0.2) is 23.2 Å². The van der Waals surface area contributed by atoms with E-state index >= 15 is 0 Å². The van der Waals surface area contributed by atoms with Crippen LogP contribution in [0.4, 0.5) is 0 Å². The molecular weight excluding hydrogens is 234 g/mol. The van der Waals surface area contributed by atoms with Gasteiger partial charge in [0.25, 0.3) is 5.91 Å². The summed E-state index contributed by atoms with van der Waals surface area (Å²) in [5.41, 5.74) is 0.595. The van der Waals surface area contributed by atoms with E-state index in [0.29, 0.717) is 6.54 Å². The SMILES string of the molecule is CCc1cc(C(=O)NCC2(O)CCC2)sc1C.